The predicted molar refractivity (Wildman–Crippen MR) is 105 cm³/mol. The van der Waals surface area contributed by atoms with Crippen molar-refractivity contribution in [3.05, 3.63) is 36.0 Å². The van der Waals surface area contributed by atoms with Crippen LogP contribution in [0.4, 0.5) is 0 Å². The minimum absolute atomic E-state index is 0.164. The third-order valence-corrected chi connectivity index (χ3v) is 4.83. The Morgan fingerprint density at radius 2 is 1.78 bits per heavy atom. The van der Waals surface area contributed by atoms with Gasteiger partial charge in [-0.15, -0.1) is 6.58 Å². The van der Waals surface area contributed by atoms with Gasteiger partial charge in [0.05, 0.1) is 6.10 Å². The van der Waals surface area contributed by atoms with Crippen molar-refractivity contribution in [3.63, 3.8) is 0 Å². The van der Waals surface area contributed by atoms with Crippen molar-refractivity contribution >= 4 is 0 Å². The lowest BCUT2D eigenvalue weighted by Gasteiger charge is -2.31. The first kappa shape index (κ1) is 22.2. The first-order valence-electron chi connectivity index (χ1n) is 9.46. The van der Waals surface area contributed by atoms with Crippen LogP contribution >= 0.6 is 0 Å². The van der Waals surface area contributed by atoms with E-state index in [0.29, 0.717) is 0 Å². The summed E-state index contributed by atoms with van der Waals surface area (Å²) in [5, 5.41) is 10.5. The summed E-state index contributed by atoms with van der Waals surface area (Å²) in [6.45, 7) is 14.9. The van der Waals surface area contributed by atoms with Crippen LogP contribution in [0.15, 0.2) is 36.0 Å². The van der Waals surface area contributed by atoms with E-state index in [1.54, 1.807) is 0 Å². The second-order valence-corrected chi connectivity index (χ2v) is 7.48. The van der Waals surface area contributed by atoms with E-state index in [0.717, 1.165) is 38.5 Å². The van der Waals surface area contributed by atoms with Crippen LogP contribution in [0.2, 0.25) is 0 Å². The van der Waals surface area contributed by atoms with Crippen molar-refractivity contribution in [2.75, 3.05) is 0 Å². The molecule has 0 radical (unpaired) electrons. The Morgan fingerprint density at radius 3 is 2.35 bits per heavy atom. The second-order valence-electron chi connectivity index (χ2n) is 7.48. The summed E-state index contributed by atoms with van der Waals surface area (Å²) < 4.78 is 0. The van der Waals surface area contributed by atoms with Crippen molar-refractivity contribution in [1.29, 1.82) is 0 Å². The average Bonchev–Trinajstić information content (AvgIpc) is 2.50. The van der Waals surface area contributed by atoms with Gasteiger partial charge in [-0.25, -0.2) is 0 Å². The first-order valence-corrected chi connectivity index (χ1v) is 9.46. The highest BCUT2D eigenvalue weighted by Crippen LogP contribution is 2.32. The van der Waals surface area contributed by atoms with Gasteiger partial charge in [-0.1, -0.05) is 68.9 Å². The van der Waals surface area contributed by atoms with Crippen molar-refractivity contribution in [2.24, 2.45) is 5.41 Å². The maximum Gasteiger partial charge on any atom is 0.0628 e. The topological polar surface area (TPSA) is 20.2 Å². The van der Waals surface area contributed by atoms with E-state index in [4.69, 9.17) is 0 Å². The molecule has 1 N–H and O–H groups in total. The van der Waals surface area contributed by atoms with Gasteiger partial charge in [0.1, 0.15) is 0 Å². The maximum absolute atomic E-state index is 10.5. The summed E-state index contributed by atoms with van der Waals surface area (Å²) >= 11 is 0. The van der Waals surface area contributed by atoms with Crippen molar-refractivity contribution in [2.45, 2.75) is 98.5 Å². The number of rotatable bonds is 13. The summed E-state index contributed by atoms with van der Waals surface area (Å²) in [7, 11) is 0. The fourth-order valence-corrected chi connectivity index (χ4v) is 2.82. The quantitative estimate of drug-likeness (QED) is 0.286. The normalized spacial score (nSPS) is 15.8. The van der Waals surface area contributed by atoms with Gasteiger partial charge in [0.15, 0.2) is 0 Å². The number of aliphatic hydroxyl groups is 1. The third kappa shape index (κ3) is 10.5. The largest absolute Gasteiger partial charge is 0.392 e. The van der Waals surface area contributed by atoms with Crippen LogP contribution in [0.1, 0.15) is 92.4 Å². The molecule has 0 heterocycles. The fourth-order valence-electron chi connectivity index (χ4n) is 2.82. The standard InChI is InChI=1S/C22H40O/c1-7-9-10-11-17-21(23)22(6,8-2)18-13-16-20(5)15-12-14-19(3)4/h8,14,16,21,23H,2,7,9-13,15,17-18H2,1,3-6H3/b20-16+/t21-,22-/m0/s1. The molecule has 1 nitrogen and oxygen atoms in total. The molecule has 0 amide bonds. The van der Waals surface area contributed by atoms with Crippen LogP contribution in [0.3, 0.4) is 0 Å². The fraction of sp³-hybridized carbons (Fsp3) is 0.727. The van der Waals surface area contributed by atoms with E-state index < -0.39 is 0 Å². The number of hydrogen-bond donors (Lipinski definition) is 1. The molecular formula is C22H40O. The predicted octanol–water partition coefficient (Wildman–Crippen LogP) is 6.98. The number of hydrogen-bond acceptors (Lipinski definition) is 1. The highest BCUT2D eigenvalue weighted by molar-refractivity contribution is 5.04. The van der Waals surface area contributed by atoms with Gasteiger partial charge >= 0.3 is 0 Å². The molecule has 0 rings (SSSR count). The SMILES string of the molecule is C=C[C@@](C)(CC/C=C(\C)CCC=C(C)C)[C@@H](O)CCCCCC. The molecule has 0 aromatic heterocycles. The van der Waals surface area contributed by atoms with E-state index in [1.807, 2.05) is 6.08 Å². The highest BCUT2D eigenvalue weighted by atomic mass is 16.3. The van der Waals surface area contributed by atoms with Crippen LogP contribution < -0.4 is 0 Å². The molecule has 0 spiro atoms. The molecule has 0 aromatic rings. The van der Waals surface area contributed by atoms with Crippen molar-refractivity contribution in [3.8, 4) is 0 Å². The minimum atomic E-state index is -0.267. The Labute approximate surface area is 145 Å². The van der Waals surface area contributed by atoms with Gasteiger partial charge in [-0.05, 0) is 52.9 Å². The van der Waals surface area contributed by atoms with E-state index in [-0.39, 0.29) is 11.5 Å². The summed E-state index contributed by atoms with van der Waals surface area (Å²) in [5.41, 5.74) is 2.68. The lowest BCUT2D eigenvalue weighted by molar-refractivity contribution is 0.0553. The molecule has 0 aliphatic heterocycles. The molecule has 0 bridgehead atoms. The Kier molecular flexibility index (Phi) is 12.1. The van der Waals surface area contributed by atoms with Crippen LogP contribution in [-0.2, 0) is 0 Å². The van der Waals surface area contributed by atoms with Gasteiger partial charge in [-0.2, -0.15) is 0 Å². The summed E-state index contributed by atoms with van der Waals surface area (Å²) in [4.78, 5) is 0. The molecular weight excluding hydrogens is 280 g/mol. The van der Waals surface area contributed by atoms with Crippen molar-refractivity contribution in [1.82, 2.24) is 0 Å². The monoisotopic (exact) mass is 320 g/mol. The highest BCUT2D eigenvalue weighted by Gasteiger charge is 2.28. The molecule has 23 heavy (non-hydrogen) atoms. The molecule has 0 fully saturated rings. The molecule has 2 atom stereocenters. The van der Waals surface area contributed by atoms with Gasteiger partial charge in [-0.3, -0.25) is 0 Å². The minimum Gasteiger partial charge on any atom is -0.392 e. The lowest BCUT2D eigenvalue weighted by Crippen LogP contribution is -2.30. The summed E-state index contributed by atoms with van der Waals surface area (Å²) in [6.07, 6.45) is 16.3. The number of aliphatic hydroxyl groups excluding tert-OH is 1. The van der Waals surface area contributed by atoms with Crippen molar-refractivity contribution < 1.29 is 5.11 Å². The molecule has 134 valence electrons. The zero-order valence-electron chi connectivity index (χ0n) is 16.3. The smallest absolute Gasteiger partial charge is 0.0628 e. The molecule has 0 aromatic carbocycles. The summed E-state index contributed by atoms with van der Waals surface area (Å²) in [5.74, 6) is 0. The molecule has 0 unspecified atom stereocenters. The average molecular weight is 321 g/mol. The van der Waals surface area contributed by atoms with Crippen LogP contribution in [0.5, 0.6) is 0 Å². The van der Waals surface area contributed by atoms with Gasteiger partial charge < -0.3 is 5.11 Å². The molecule has 1 heteroatoms. The van der Waals surface area contributed by atoms with Crippen LogP contribution in [-0.4, -0.2) is 11.2 Å². The first-order chi connectivity index (χ1) is 10.9. The van der Waals surface area contributed by atoms with Crippen LogP contribution in [0.25, 0.3) is 0 Å². The third-order valence-electron chi connectivity index (χ3n) is 4.83. The maximum atomic E-state index is 10.5. The van der Waals surface area contributed by atoms with Gasteiger partial charge in [0.25, 0.3) is 0 Å². The van der Waals surface area contributed by atoms with E-state index in [9.17, 15) is 5.11 Å². The summed E-state index contributed by atoms with van der Waals surface area (Å²) in [6, 6.07) is 0. The Bertz CT molecular complexity index is 373. The number of allylic oxidation sites excluding steroid dienone is 4. The Hall–Kier alpha value is -0.820. The Morgan fingerprint density at radius 1 is 1.09 bits per heavy atom. The molecule has 0 saturated carbocycles. The Balaban J connectivity index is 4.28. The van der Waals surface area contributed by atoms with Gasteiger partial charge in [0.2, 0.25) is 0 Å². The van der Waals surface area contributed by atoms with Crippen LogP contribution in [0, 0.1) is 5.41 Å². The zero-order valence-corrected chi connectivity index (χ0v) is 16.3. The number of unbranched alkanes of at least 4 members (excludes halogenated alkanes) is 3. The molecule has 0 saturated heterocycles. The van der Waals surface area contributed by atoms with E-state index in [2.05, 4.69) is 53.3 Å². The lowest BCUT2D eigenvalue weighted by atomic mass is 9.78. The van der Waals surface area contributed by atoms with E-state index in [1.165, 1.54) is 30.4 Å². The second kappa shape index (κ2) is 12.6. The zero-order chi connectivity index (χ0) is 17.7. The van der Waals surface area contributed by atoms with Gasteiger partial charge in [0, 0.05) is 5.41 Å². The van der Waals surface area contributed by atoms with E-state index >= 15 is 0 Å². The molecule has 0 aliphatic carbocycles. The molecule has 0 aliphatic rings.